The highest BCUT2D eigenvalue weighted by Gasteiger charge is 2.60. The Kier molecular flexibility index (Phi) is 6.27. The minimum absolute atomic E-state index is 0.170. The number of esters is 1. The fraction of sp³-hybridized carbons (Fsp3) is 0.115. The molecule has 1 atom stereocenters. The number of para-hydroxylation sites is 2. The highest BCUT2D eigenvalue weighted by molar-refractivity contribution is 8.29. The predicted octanol–water partition coefficient (Wildman–Crippen LogP) is 5.17. The van der Waals surface area contributed by atoms with Crippen molar-refractivity contribution in [3.63, 3.8) is 0 Å². The van der Waals surface area contributed by atoms with Crippen molar-refractivity contribution in [2.45, 2.75) is 4.33 Å². The maximum absolute atomic E-state index is 13.9. The van der Waals surface area contributed by atoms with E-state index in [-0.39, 0.29) is 11.0 Å². The molecule has 3 aromatic rings. The van der Waals surface area contributed by atoms with Crippen molar-refractivity contribution in [1.82, 2.24) is 0 Å². The number of carbonyl (C=O) groups excluding carboxylic acids is 2. The van der Waals surface area contributed by atoms with Crippen molar-refractivity contribution in [3.05, 3.63) is 95.4 Å². The van der Waals surface area contributed by atoms with Gasteiger partial charge in [-0.2, -0.15) is 5.10 Å². The van der Waals surface area contributed by atoms with E-state index in [1.165, 1.54) is 30.6 Å². The lowest BCUT2D eigenvalue weighted by atomic mass is 10.2. The summed E-state index contributed by atoms with van der Waals surface area (Å²) in [7, 11) is 2.93. The summed E-state index contributed by atoms with van der Waals surface area (Å²) >= 11 is 2.54. The van der Waals surface area contributed by atoms with E-state index in [0.29, 0.717) is 10.6 Å². The van der Waals surface area contributed by atoms with Gasteiger partial charge in [0.25, 0.3) is 5.91 Å². The molecule has 2 heterocycles. The third-order valence-corrected chi connectivity index (χ3v) is 8.11. The minimum atomic E-state index is -1.10. The lowest BCUT2D eigenvalue weighted by Crippen LogP contribution is -2.51. The summed E-state index contributed by atoms with van der Waals surface area (Å²) in [5.74, 6) is -0.00845. The minimum Gasteiger partial charge on any atom is -0.497 e. The van der Waals surface area contributed by atoms with E-state index in [2.05, 4.69) is 5.10 Å². The molecule has 0 N–H and O–H groups in total. The van der Waals surface area contributed by atoms with Crippen molar-refractivity contribution >= 4 is 57.9 Å². The number of ether oxygens (including phenoxy) is 2. The van der Waals surface area contributed by atoms with Crippen LogP contribution in [-0.2, 0) is 14.3 Å². The molecule has 1 fully saturated rings. The maximum atomic E-state index is 13.9. The summed E-state index contributed by atoms with van der Waals surface area (Å²) in [6.07, 6.45) is 1.84. The van der Waals surface area contributed by atoms with Crippen LogP contribution >= 0.6 is 23.5 Å². The SMILES string of the molecule is COC(=O)C1=NN(c2ccccc2)[C@@]2(S1)S/C(=C\c1ccc(OC)cc1)C(=O)N2c1ccccc1. The summed E-state index contributed by atoms with van der Waals surface area (Å²) in [5.41, 5.74) is 2.29. The highest BCUT2D eigenvalue weighted by Crippen LogP contribution is 2.59. The molecule has 0 aliphatic carbocycles. The van der Waals surface area contributed by atoms with Gasteiger partial charge in [0.1, 0.15) is 5.75 Å². The monoisotopic (exact) mass is 503 g/mol. The summed E-state index contributed by atoms with van der Waals surface area (Å²) in [4.78, 5) is 28.7. The molecule has 1 spiro atoms. The second-order valence-electron chi connectivity index (χ2n) is 7.55. The van der Waals surface area contributed by atoms with E-state index in [0.717, 1.165) is 17.0 Å². The average molecular weight is 504 g/mol. The number of methoxy groups -OCH3 is 2. The standard InChI is InChI=1S/C26H21N3O4S2/c1-32-21-15-13-18(14-16-21)17-22-24(30)28(19-9-5-3-6-10-19)26(34-22)29(20-11-7-4-8-12-20)27-23(35-26)25(31)33-2/h3-17H,1-2H3/b22-17-/t26-/m1/s1. The summed E-state index contributed by atoms with van der Waals surface area (Å²) in [5, 5.41) is 6.50. The van der Waals surface area contributed by atoms with Gasteiger partial charge < -0.3 is 9.47 Å². The highest BCUT2D eigenvalue weighted by atomic mass is 32.2. The van der Waals surface area contributed by atoms with Crippen molar-refractivity contribution in [3.8, 4) is 5.75 Å². The van der Waals surface area contributed by atoms with Crippen LogP contribution in [0.15, 0.2) is 94.9 Å². The quantitative estimate of drug-likeness (QED) is 0.351. The molecule has 7 nitrogen and oxygen atoms in total. The Morgan fingerprint density at radius 2 is 1.51 bits per heavy atom. The zero-order valence-electron chi connectivity index (χ0n) is 19.0. The smallest absolute Gasteiger partial charge is 0.365 e. The second kappa shape index (κ2) is 9.52. The van der Waals surface area contributed by atoms with Crippen LogP contribution in [-0.4, -0.2) is 35.5 Å². The first-order valence-electron chi connectivity index (χ1n) is 10.7. The number of rotatable bonds is 5. The van der Waals surface area contributed by atoms with E-state index in [9.17, 15) is 9.59 Å². The number of hydrogen-bond acceptors (Lipinski definition) is 8. The Balaban J connectivity index is 1.65. The third-order valence-electron chi connectivity index (χ3n) is 5.42. The first-order chi connectivity index (χ1) is 17.1. The Hall–Kier alpha value is -3.69. The Labute approximate surface area is 211 Å². The van der Waals surface area contributed by atoms with Gasteiger partial charge in [-0.25, -0.2) is 9.80 Å². The van der Waals surface area contributed by atoms with Gasteiger partial charge in [-0.3, -0.25) is 9.69 Å². The van der Waals surface area contributed by atoms with Crippen molar-refractivity contribution < 1.29 is 19.1 Å². The number of hydrogen-bond donors (Lipinski definition) is 0. The lowest BCUT2D eigenvalue weighted by molar-refractivity contribution is -0.132. The topological polar surface area (TPSA) is 71.4 Å². The van der Waals surface area contributed by atoms with Crippen LogP contribution in [0.25, 0.3) is 6.08 Å². The largest absolute Gasteiger partial charge is 0.497 e. The van der Waals surface area contributed by atoms with Crippen molar-refractivity contribution in [2.24, 2.45) is 5.10 Å². The van der Waals surface area contributed by atoms with Crippen LogP contribution < -0.4 is 14.6 Å². The van der Waals surface area contributed by atoms with Gasteiger partial charge in [0.05, 0.1) is 24.8 Å². The molecular weight excluding hydrogens is 482 g/mol. The van der Waals surface area contributed by atoms with Gasteiger partial charge in [0.15, 0.2) is 0 Å². The molecule has 3 aromatic carbocycles. The Bertz CT molecular complexity index is 1310. The number of carbonyl (C=O) groups is 2. The fourth-order valence-electron chi connectivity index (χ4n) is 3.78. The fourth-order valence-corrected chi connectivity index (χ4v) is 6.68. The molecule has 0 radical (unpaired) electrons. The molecule has 1 saturated heterocycles. The van der Waals surface area contributed by atoms with Gasteiger partial charge in [0, 0.05) is 5.69 Å². The number of hydrazone groups is 1. The molecular formula is C26H21N3O4S2. The third kappa shape index (κ3) is 4.17. The molecule has 2 aliphatic heterocycles. The van der Waals surface area contributed by atoms with Crippen molar-refractivity contribution in [2.75, 3.05) is 24.1 Å². The molecule has 0 bridgehead atoms. The zero-order valence-corrected chi connectivity index (χ0v) is 20.6. The van der Waals surface area contributed by atoms with E-state index < -0.39 is 10.3 Å². The molecule has 5 rings (SSSR count). The molecule has 1 amide bonds. The van der Waals surface area contributed by atoms with Crippen LogP contribution in [0.4, 0.5) is 11.4 Å². The van der Waals surface area contributed by atoms with Gasteiger partial charge in [-0.1, -0.05) is 60.3 Å². The molecule has 0 saturated carbocycles. The van der Waals surface area contributed by atoms with Crippen LogP contribution in [0, 0.1) is 0 Å². The number of thioether (sulfide) groups is 2. The molecule has 35 heavy (non-hydrogen) atoms. The van der Waals surface area contributed by atoms with E-state index >= 15 is 0 Å². The molecule has 9 heteroatoms. The number of amides is 1. The molecule has 176 valence electrons. The first kappa shape index (κ1) is 23.1. The van der Waals surface area contributed by atoms with E-state index in [1.54, 1.807) is 17.0 Å². The Morgan fingerprint density at radius 1 is 0.886 bits per heavy atom. The Morgan fingerprint density at radius 3 is 2.11 bits per heavy atom. The van der Waals surface area contributed by atoms with E-state index in [1.807, 2.05) is 91.0 Å². The van der Waals surface area contributed by atoms with Crippen LogP contribution in [0.3, 0.4) is 0 Å². The molecule has 2 aliphatic rings. The maximum Gasteiger partial charge on any atom is 0.365 e. The number of benzene rings is 3. The summed E-state index contributed by atoms with van der Waals surface area (Å²) < 4.78 is 9.13. The first-order valence-corrected chi connectivity index (χ1v) is 12.3. The summed E-state index contributed by atoms with van der Waals surface area (Å²) in [6, 6.07) is 26.3. The number of anilines is 2. The van der Waals surface area contributed by atoms with E-state index in [4.69, 9.17) is 9.47 Å². The van der Waals surface area contributed by atoms with Crippen LogP contribution in [0.5, 0.6) is 5.75 Å². The second-order valence-corrected chi connectivity index (χ2v) is 10.2. The normalized spacial score (nSPS) is 20.5. The number of nitrogens with zero attached hydrogens (tertiary/aromatic N) is 3. The molecule has 0 aromatic heterocycles. The van der Waals surface area contributed by atoms with Gasteiger partial charge in [-0.05, 0) is 59.8 Å². The van der Waals surface area contributed by atoms with Crippen molar-refractivity contribution in [1.29, 1.82) is 0 Å². The van der Waals surface area contributed by atoms with Crippen LogP contribution in [0.1, 0.15) is 5.56 Å². The van der Waals surface area contributed by atoms with Gasteiger partial charge in [-0.15, -0.1) is 0 Å². The summed E-state index contributed by atoms with van der Waals surface area (Å²) in [6.45, 7) is 0. The zero-order chi connectivity index (χ0) is 24.4. The average Bonchev–Trinajstić information content (AvgIpc) is 3.41. The lowest BCUT2D eigenvalue weighted by Gasteiger charge is -2.38. The predicted molar refractivity (Wildman–Crippen MR) is 141 cm³/mol. The van der Waals surface area contributed by atoms with Crippen LogP contribution in [0.2, 0.25) is 0 Å². The van der Waals surface area contributed by atoms with Gasteiger partial charge >= 0.3 is 5.97 Å². The molecule has 0 unspecified atom stereocenters. The van der Waals surface area contributed by atoms with Gasteiger partial charge in [0.2, 0.25) is 9.37 Å².